The Balaban J connectivity index is 1.64. The van der Waals surface area contributed by atoms with Gasteiger partial charge in [-0.25, -0.2) is 0 Å². The second-order valence-corrected chi connectivity index (χ2v) is 5.56. The fraction of sp³-hybridized carbons (Fsp3) is 0.588. The van der Waals surface area contributed by atoms with Crippen LogP contribution in [0.15, 0.2) is 24.3 Å². The van der Waals surface area contributed by atoms with Gasteiger partial charge in [0.1, 0.15) is 5.75 Å². The first-order chi connectivity index (χ1) is 10.3. The summed E-state index contributed by atoms with van der Waals surface area (Å²) >= 11 is 0. The Morgan fingerprint density at radius 2 is 2.00 bits per heavy atom. The minimum absolute atomic E-state index is 0.149. The molecule has 0 radical (unpaired) electrons. The first kappa shape index (κ1) is 15.8. The number of carbonyl (C=O) groups excluding carboxylic acids is 1. The molecule has 0 spiro atoms. The van der Waals surface area contributed by atoms with Crippen LogP contribution in [0.1, 0.15) is 31.2 Å². The molecule has 1 aliphatic rings. The van der Waals surface area contributed by atoms with Crippen molar-refractivity contribution in [2.24, 2.45) is 0 Å². The number of methoxy groups -OCH3 is 1. The molecule has 1 aromatic rings. The second kappa shape index (κ2) is 8.67. The molecule has 0 aromatic heterocycles. The number of ether oxygens (including phenoxy) is 1. The highest BCUT2D eigenvalue weighted by molar-refractivity contribution is 5.76. The zero-order valence-electron chi connectivity index (χ0n) is 12.9. The van der Waals surface area contributed by atoms with Gasteiger partial charge >= 0.3 is 0 Å². The number of amides is 1. The molecular weight excluding hydrogens is 264 g/mol. The number of piperidine rings is 1. The third kappa shape index (κ3) is 5.38. The van der Waals surface area contributed by atoms with E-state index < -0.39 is 0 Å². The average Bonchev–Trinajstić information content (AvgIpc) is 2.54. The first-order valence-electron chi connectivity index (χ1n) is 7.90. The molecule has 4 nitrogen and oxygen atoms in total. The van der Waals surface area contributed by atoms with E-state index in [0.29, 0.717) is 13.0 Å². The van der Waals surface area contributed by atoms with E-state index in [4.69, 9.17) is 4.74 Å². The summed E-state index contributed by atoms with van der Waals surface area (Å²) in [6.45, 7) is 3.85. The third-order valence-electron chi connectivity index (χ3n) is 4.01. The molecule has 0 atom stereocenters. The summed E-state index contributed by atoms with van der Waals surface area (Å²) in [4.78, 5) is 14.3. The molecule has 0 saturated carbocycles. The number of nitrogens with zero attached hydrogens (tertiary/aromatic N) is 1. The van der Waals surface area contributed by atoms with Crippen LogP contribution in [-0.2, 0) is 11.2 Å². The van der Waals surface area contributed by atoms with Crippen LogP contribution in [0, 0.1) is 0 Å². The van der Waals surface area contributed by atoms with Crippen molar-refractivity contribution in [3.8, 4) is 5.75 Å². The number of hydrogen-bond acceptors (Lipinski definition) is 3. The van der Waals surface area contributed by atoms with Crippen LogP contribution in [0.25, 0.3) is 0 Å². The van der Waals surface area contributed by atoms with Gasteiger partial charge < -0.3 is 15.0 Å². The average molecular weight is 290 g/mol. The third-order valence-corrected chi connectivity index (χ3v) is 4.01. The lowest BCUT2D eigenvalue weighted by molar-refractivity contribution is -0.121. The van der Waals surface area contributed by atoms with Crippen LogP contribution in [0.2, 0.25) is 0 Å². The molecule has 0 unspecified atom stereocenters. The largest absolute Gasteiger partial charge is 0.496 e. The van der Waals surface area contributed by atoms with E-state index in [9.17, 15) is 4.79 Å². The van der Waals surface area contributed by atoms with Crippen molar-refractivity contribution >= 4 is 5.91 Å². The zero-order chi connectivity index (χ0) is 14.9. The summed E-state index contributed by atoms with van der Waals surface area (Å²) in [6.07, 6.45) is 5.29. The monoisotopic (exact) mass is 290 g/mol. The van der Waals surface area contributed by atoms with E-state index in [-0.39, 0.29) is 5.91 Å². The summed E-state index contributed by atoms with van der Waals surface area (Å²) < 4.78 is 5.31. The van der Waals surface area contributed by atoms with Crippen molar-refractivity contribution in [2.75, 3.05) is 33.3 Å². The van der Waals surface area contributed by atoms with Gasteiger partial charge in [0.05, 0.1) is 7.11 Å². The first-order valence-corrected chi connectivity index (χ1v) is 7.90. The van der Waals surface area contributed by atoms with Crippen molar-refractivity contribution in [1.82, 2.24) is 10.2 Å². The Morgan fingerprint density at radius 1 is 1.24 bits per heavy atom. The molecule has 21 heavy (non-hydrogen) atoms. The molecule has 0 bridgehead atoms. The molecule has 0 aliphatic carbocycles. The molecule has 2 rings (SSSR count). The predicted molar refractivity (Wildman–Crippen MR) is 84.6 cm³/mol. The van der Waals surface area contributed by atoms with E-state index >= 15 is 0 Å². The van der Waals surface area contributed by atoms with Gasteiger partial charge in [0, 0.05) is 19.5 Å². The lowest BCUT2D eigenvalue weighted by Crippen LogP contribution is -2.34. The fourth-order valence-corrected chi connectivity index (χ4v) is 2.78. The highest BCUT2D eigenvalue weighted by Crippen LogP contribution is 2.17. The molecule has 1 aliphatic heterocycles. The second-order valence-electron chi connectivity index (χ2n) is 5.56. The van der Waals surface area contributed by atoms with Gasteiger partial charge in [-0.3, -0.25) is 4.79 Å². The van der Waals surface area contributed by atoms with Crippen LogP contribution in [-0.4, -0.2) is 44.1 Å². The number of likely N-dealkylation sites (tertiary alicyclic amines) is 1. The van der Waals surface area contributed by atoms with Gasteiger partial charge in [-0.05, 0) is 44.0 Å². The van der Waals surface area contributed by atoms with Gasteiger partial charge in [0.25, 0.3) is 0 Å². The quantitative estimate of drug-likeness (QED) is 0.837. The zero-order valence-corrected chi connectivity index (χ0v) is 12.9. The number of rotatable bonds is 7. The Morgan fingerprint density at radius 3 is 2.76 bits per heavy atom. The van der Waals surface area contributed by atoms with Gasteiger partial charge in [-0.15, -0.1) is 0 Å². The van der Waals surface area contributed by atoms with Crippen LogP contribution in [0.5, 0.6) is 5.75 Å². The number of carbonyl (C=O) groups is 1. The van der Waals surface area contributed by atoms with Crippen LogP contribution >= 0.6 is 0 Å². The highest BCUT2D eigenvalue weighted by atomic mass is 16.5. The number of nitrogens with one attached hydrogen (secondary N) is 1. The molecule has 1 fully saturated rings. The van der Waals surface area contributed by atoms with Gasteiger partial charge in [0.2, 0.25) is 5.91 Å². The molecule has 1 N–H and O–H groups in total. The smallest absolute Gasteiger partial charge is 0.221 e. The topological polar surface area (TPSA) is 41.6 Å². The molecule has 1 saturated heterocycles. The van der Waals surface area contributed by atoms with Gasteiger partial charge in [-0.1, -0.05) is 24.6 Å². The Bertz CT molecular complexity index is 442. The van der Waals surface area contributed by atoms with Crippen molar-refractivity contribution in [1.29, 1.82) is 0 Å². The van der Waals surface area contributed by atoms with Gasteiger partial charge in [0.15, 0.2) is 0 Å². The maximum atomic E-state index is 11.9. The van der Waals surface area contributed by atoms with Crippen molar-refractivity contribution in [2.45, 2.75) is 32.1 Å². The Labute approximate surface area is 127 Å². The van der Waals surface area contributed by atoms with Crippen molar-refractivity contribution < 1.29 is 9.53 Å². The van der Waals surface area contributed by atoms with Crippen LogP contribution < -0.4 is 10.1 Å². The van der Waals surface area contributed by atoms with E-state index in [1.165, 1.54) is 19.3 Å². The van der Waals surface area contributed by atoms with E-state index in [1.807, 2.05) is 24.3 Å². The highest BCUT2D eigenvalue weighted by Gasteiger charge is 2.11. The van der Waals surface area contributed by atoms with E-state index in [2.05, 4.69) is 10.2 Å². The molecule has 4 heteroatoms. The van der Waals surface area contributed by atoms with E-state index in [0.717, 1.165) is 37.4 Å². The summed E-state index contributed by atoms with van der Waals surface area (Å²) in [7, 11) is 1.68. The van der Waals surface area contributed by atoms with Gasteiger partial charge in [-0.2, -0.15) is 0 Å². The molecular formula is C17H26N2O2. The summed E-state index contributed by atoms with van der Waals surface area (Å²) in [5.74, 6) is 1.04. The van der Waals surface area contributed by atoms with Crippen LogP contribution in [0.4, 0.5) is 0 Å². The Kier molecular flexibility index (Phi) is 6.54. The standard InChI is InChI=1S/C17H26N2O2/c1-21-16-8-4-3-7-15(16)9-11-18-17(20)10-14-19-12-5-2-6-13-19/h3-4,7-8H,2,5-6,9-14H2,1H3,(H,18,20). The predicted octanol–water partition coefficient (Wildman–Crippen LogP) is 2.23. The SMILES string of the molecule is COc1ccccc1CCNC(=O)CCN1CCCCC1. The lowest BCUT2D eigenvalue weighted by atomic mass is 10.1. The maximum absolute atomic E-state index is 11.9. The number of hydrogen-bond donors (Lipinski definition) is 1. The van der Waals surface area contributed by atoms with Crippen LogP contribution in [0.3, 0.4) is 0 Å². The van der Waals surface area contributed by atoms with Crippen molar-refractivity contribution in [3.63, 3.8) is 0 Å². The summed E-state index contributed by atoms with van der Waals surface area (Å²) in [5, 5.41) is 3.00. The molecule has 1 heterocycles. The molecule has 1 aromatic carbocycles. The maximum Gasteiger partial charge on any atom is 0.221 e. The lowest BCUT2D eigenvalue weighted by Gasteiger charge is -2.25. The molecule has 1 amide bonds. The minimum Gasteiger partial charge on any atom is -0.496 e. The van der Waals surface area contributed by atoms with Crippen molar-refractivity contribution in [3.05, 3.63) is 29.8 Å². The number of benzene rings is 1. The Hall–Kier alpha value is -1.55. The summed E-state index contributed by atoms with van der Waals surface area (Å²) in [6, 6.07) is 7.95. The normalized spacial score (nSPS) is 15.7. The minimum atomic E-state index is 0.149. The van der Waals surface area contributed by atoms with E-state index in [1.54, 1.807) is 7.11 Å². The molecule has 116 valence electrons. The fourth-order valence-electron chi connectivity index (χ4n) is 2.78. The summed E-state index contributed by atoms with van der Waals surface area (Å²) in [5.41, 5.74) is 1.14. The number of para-hydroxylation sites is 1.